The van der Waals surface area contributed by atoms with E-state index in [2.05, 4.69) is 31.5 Å². The number of aliphatic hydroxyl groups is 1. The van der Waals surface area contributed by atoms with Crippen LogP contribution in [0, 0.1) is 11.3 Å². The van der Waals surface area contributed by atoms with Crippen LogP contribution in [0.1, 0.15) is 40.0 Å². The molecule has 0 bridgehead atoms. The number of rotatable bonds is 2. The van der Waals surface area contributed by atoms with Crippen LogP contribution < -0.4 is 10.7 Å². The lowest BCUT2D eigenvalue weighted by Crippen LogP contribution is -2.57. The maximum absolute atomic E-state index is 9.02. The molecule has 3 N–H and O–H groups in total. The van der Waals surface area contributed by atoms with E-state index in [1.807, 2.05) is 5.01 Å². The minimum atomic E-state index is -0.104. The Morgan fingerprint density at radius 2 is 2.18 bits per heavy atom. The summed E-state index contributed by atoms with van der Waals surface area (Å²) in [6.07, 6.45) is 3.40. The predicted octanol–water partition coefficient (Wildman–Crippen LogP) is 1.22. The summed E-state index contributed by atoms with van der Waals surface area (Å²) < 4.78 is 0. The van der Waals surface area contributed by atoms with Crippen molar-refractivity contribution in [3.05, 3.63) is 0 Å². The molecule has 1 saturated carbocycles. The number of hydrogen-bond donors (Lipinski definition) is 3. The molecular formula is C12H23N3OS. The molecule has 5 heteroatoms. The third-order valence-electron chi connectivity index (χ3n) is 3.64. The van der Waals surface area contributed by atoms with Gasteiger partial charge in [0.15, 0.2) is 5.11 Å². The monoisotopic (exact) mass is 257 g/mol. The second-order valence-corrected chi connectivity index (χ2v) is 6.74. The molecule has 0 aromatic rings. The molecule has 1 spiro atoms. The minimum Gasteiger partial charge on any atom is -0.394 e. The maximum Gasteiger partial charge on any atom is 0.185 e. The zero-order chi connectivity index (χ0) is 12.7. The van der Waals surface area contributed by atoms with Crippen molar-refractivity contribution >= 4 is 17.3 Å². The fourth-order valence-electron chi connectivity index (χ4n) is 3.62. The van der Waals surface area contributed by atoms with Crippen LogP contribution >= 0.6 is 12.2 Å². The lowest BCUT2D eigenvalue weighted by molar-refractivity contribution is 0.0530. The van der Waals surface area contributed by atoms with Crippen molar-refractivity contribution in [1.82, 2.24) is 15.8 Å². The third kappa shape index (κ3) is 2.72. The Balaban J connectivity index is 2.12. The zero-order valence-corrected chi connectivity index (χ0v) is 11.7. The number of aliphatic hydroxyl groups excluding tert-OH is 1. The van der Waals surface area contributed by atoms with Crippen molar-refractivity contribution in [2.75, 3.05) is 13.2 Å². The molecule has 1 aliphatic heterocycles. The molecule has 0 aromatic carbocycles. The Bertz CT molecular complexity index is 321. The Labute approximate surface area is 109 Å². The van der Waals surface area contributed by atoms with Crippen molar-refractivity contribution in [3.8, 4) is 0 Å². The van der Waals surface area contributed by atoms with Gasteiger partial charge in [0.2, 0.25) is 0 Å². The molecule has 0 amide bonds. The van der Waals surface area contributed by atoms with Gasteiger partial charge in [-0.2, -0.15) is 0 Å². The van der Waals surface area contributed by atoms with E-state index in [0.717, 1.165) is 12.8 Å². The number of hydrogen-bond acceptors (Lipinski definition) is 3. The van der Waals surface area contributed by atoms with Gasteiger partial charge >= 0.3 is 0 Å². The summed E-state index contributed by atoms with van der Waals surface area (Å²) in [6.45, 7) is 7.58. The molecule has 1 saturated heterocycles. The molecule has 1 heterocycles. The largest absolute Gasteiger partial charge is 0.394 e. The predicted molar refractivity (Wildman–Crippen MR) is 72.2 cm³/mol. The second kappa shape index (κ2) is 4.37. The molecule has 1 aliphatic carbocycles. The molecule has 2 atom stereocenters. The second-order valence-electron chi connectivity index (χ2n) is 6.35. The Morgan fingerprint density at radius 3 is 2.76 bits per heavy atom. The van der Waals surface area contributed by atoms with Crippen molar-refractivity contribution < 1.29 is 5.11 Å². The highest BCUT2D eigenvalue weighted by molar-refractivity contribution is 7.80. The quantitative estimate of drug-likeness (QED) is 0.649. The van der Waals surface area contributed by atoms with Gasteiger partial charge in [-0.15, -0.1) is 0 Å². The van der Waals surface area contributed by atoms with E-state index in [-0.39, 0.29) is 12.3 Å². The average Bonchev–Trinajstić information content (AvgIpc) is 2.38. The van der Waals surface area contributed by atoms with E-state index < -0.39 is 0 Å². The summed E-state index contributed by atoms with van der Waals surface area (Å²) in [5.74, 6) is 0.677. The Morgan fingerprint density at radius 1 is 1.47 bits per heavy atom. The third-order valence-corrected chi connectivity index (χ3v) is 3.96. The van der Waals surface area contributed by atoms with Crippen molar-refractivity contribution in [2.24, 2.45) is 11.3 Å². The van der Waals surface area contributed by atoms with Crippen molar-refractivity contribution in [2.45, 2.75) is 45.7 Å². The molecule has 98 valence electrons. The van der Waals surface area contributed by atoms with Gasteiger partial charge in [-0.1, -0.05) is 20.8 Å². The number of nitrogens with one attached hydrogen (secondary N) is 2. The average molecular weight is 257 g/mol. The standard InChI is InChI=1S/C12H23N3OS/c1-9-6-11(2,3)8-12(7-9)13-10(17)15(14-12)4-5-16/h9,14,16H,4-8H2,1-3H3,(H,13,17)/t9-,12+/m1/s1. The SMILES string of the molecule is C[C@@H]1CC(C)(C)C[C@@]2(C1)NC(=S)N(CCO)N2. The zero-order valence-electron chi connectivity index (χ0n) is 10.9. The van der Waals surface area contributed by atoms with Gasteiger partial charge in [0.1, 0.15) is 5.66 Å². The van der Waals surface area contributed by atoms with E-state index in [1.165, 1.54) is 6.42 Å². The van der Waals surface area contributed by atoms with Crippen LogP contribution in [0.4, 0.5) is 0 Å². The van der Waals surface area contributed by atoms with Crippen molar-refractivity contribution in [1.29, 1.82) is 0 Å². The van der Waals surface area contributed by atoms with Gasteiger partial charge in [0, 0.05) is 0 Å². The van der Waals surface area contributed by atoms with Gasteiger partial charge in [0.25, 0.3) is 0 Å². The first kappa shape index (κ1) is 13.1. The maximum atomic E-state index is 9.02. The Hall–Kier alpha value is -0.390. The first-order chi connectivity index (χ1) is 7.86. The molecule has 2 fully saturated rings. The van der Waals surface area contributed by atoms with Gasteiger partial charge in [-0.25, -0.2) is 5.43 Å². The molecule has 4 nitrogen and oxygen atoms in total. The topological polar surface area (TPSA) is 47.5 Å². The van der Waals surface area contributed by atoms with Crippen LogP contribution in [0.3, 0.4) is 0 Å². The summed E-state index contributed by atoms with van der Waals surface area (Å²) in [4.78, 5) is 0. The molecule has 2 aliphatic rings. The van der Waals surface area contributed by atoms with E-state index in [9.17, 15) is 0 Å². The lowest BCUT2D eigenvalue weighted by atomic mass is 9.68. The summed E-state index contributed by atoms with van der Waals surface area (Å²) in [7, 11) is 0. The number of hydrazine groups is 1. The smallest absolute Gasteiger partial charge is 0.185 e. The highest BCUT2D eigenvalue weighted by Gasteiger charge is 2.47. The summed E-state index contributed by atoms with van der Waals surface area (Å²) in [5.41, 5.74) is 3.68. The molecular weight excluding hydrogens is 234 g/mol. The van der Waals surface area contributed by atoms with E-state index in [0.29, 0.717) is 23.0 Å². The molecule has 0 radical (unpaired) electrons. The molecule has 0 unspecified atom stereocenters. The Kier molecular flexibility index (Phi) is 3.36. The van der Waals surface area contributed by atoms with Crippen LogP contribution in [-0.4, -0.2) is 34.0 Å². The van der Waals surface area contributed by atoms with Gasteiger partial charge < -0.3 is 10.4 Å². The van der Waals surface area contributed by atoms with Crippen LogP contribution in [0.25, 0.3) is 0 Å². The summed E-state index contributed by atoms with van der Waals surface area (Å²) in [5, 5.41) is 15.0. The normalized spacial score (nSPS) is 36.4. The summed E-state index contributed by atoms with van der Waals surface area (Å²) in [6, 6.07) is 0. The molecule has 0 aromatic heterocycles. The van der Waals surface area contributed by atoms with Gasteiger partial charge in [-0.3, -0.25) is 5.01 Å². The van der Waals surface area contributed by atoms with Gasteiger partial charge in [0.05, 0.1) is 13.2 Å². The summed E-state index contributed by atoms with van der Waals surface area (Å²) >= 11 is 5.31. The molecule has 2 rings (SSSR count). The molecule has 17 heavy (non-hydrogen) atoms. The first-order valence-corrected chi connectivity index (χ1v) is 6.75. The van der Waals surface area contributed by atoms with E-state index >= 15 is 0 Å². The highest BCUT2D eigenvalue weighted by atomic mass is 32.1. The number of nitrogens with zero attached hydrogens (tertiary/aromatic N) is 1. The van der Waals surface area contributed by atoms with Crippen molar-refractivity contribution in [3.63, 3.8) is 0 Å². The van der Waals surface area contributed by atoms with Crippen LogP contribution in [-0.2, 0) is 0 Å². The minimum absolute atomic E-state index is 0.104. The lowest BCUT2D eigenvalue weighted by Gasteiger charge is -2.45. The fraction of sp³-hybridized carbons (Fsp3) is 0.917. The number of β-amino-alcohol motifs (C(OH)–C–C–N with tert-alkyl or cyclic N) is 1. The fourth-order valence-corrected chi connectivity index (χ4v) is 3.95. The van der Waals surface area contributed by atoms with E-state index in [4.69, 9.17) is 17.3 Å². The first-order valence-electron chi connectivity index (χ1n) is 6.34. The van der Waals surface area contributed by atoms with E-state index in [1.54, 1.807) is 0 Å². The van der Waals surface area contributed by atoms with Crippen LogP contribution in [0.15, 0.2) is 0 Å². The van der Waals surface area contributed by atoms with Crippen LogP contribution in [0.2, 0.25) is 0 Å². The highest BCUT2D eigenvalue weighted by Crippen LogP contribution is 2.43. The number of thiocarbonyl (C=S) groups is 1. The van der Waals surface area contributed by atoms with Gasteiger partial charge in [-0.05, 0) is 42.8 Å². The van der Waals surface area contributed by atoms with Crippen LogP contribution in [0.5, 0.6) is 0 Å².